The minimum atomic E-state index is -2.40. The Morgan fingerprint density at radius 2 is 1.70 bits per heavy atom. The van der Waals surface area contributed by atoms with Crippen LogP contribution in [0.2, 0.25) is 0 Å². The molecule has 1 aromatic rings. The van der Waals surface area contributed by atoms with Crippen LogP contribution < -0.4 is 5.32 Å². The summed E-state index contributed by atoms with van der Waals surface area (Å²) >= 11 is 0. The van der Waals surface area contributed by atoms with Crippen LogP contribution in [0.5, 0.6) is 0 Å². The van der Waals surface area contributed by atoms with Crippen LogP contribution in [-0.2, 0) is 0 Å². The zero-order chi connectivity index (χ0) is 15.3. The molecule has 0 aromatic heterocycles. The summed E-state index contributed by atoms with van der Waals surface area (Å²) in [5.74, 6) is 0.416. The zero-order valence-electron chi connectivity index (χ0n) is 13.0. The van der Waals surface area contributed by atoms with Gasteiger partial charge in [-0.2, -0.15) is 0 Å². The van der Waals surface area contributed by atoms with Gasteiger partial charge in [0, 0.05) is 17.6 Å². The van der Waals surface area contributed by atoms with Crippen LogP contribution in [-0.4, -0.2) is 12.1 Å². The first kappa shape index (κ1) is 16.8. The van der Waals surface area contributed by atoms with Gasteiger partial charge >= 0.3 is 0 Å². The van der Waals surface area contributed by atoms with Gasteiger partial charge in [-0.3, -0.25) is 0 Å². The van der Waals surface area contributed by atoms with Crippen molar-refractivity contribution in [1.82, 2.24) is 5.32 Å². The Hall–Kier alpha value is -1.22. The molecule has 0 aliphatic rings. The van der Waals surface area contributed by atoms with E-state index in [1.165, 1.54) is 17.7 Å². The van der Waals surface area contributed by atoms with Gasteiger partial charge in [0.05, 0.1) is 0 Å². The predicted octanol–water partition coefficient (Wildman–Crippen LogP) is 5.05. The van der Waals surface area contributed by atoms with E-state index >= 15 is 0 Å². The molecule has 1 aromatic carbocycles. The monoisotopic (exact) mass is 281 g/mol. The molecule has 0 aliphatic carbocycles. The Labute approximate surface area is 121 Å². The first-order chi connectivity index (χ1) is 9.19. The van der Waals surface area contributed by atoms with Crippen molar-refractivity contribution in [3.05, 3.63) is 41.0 Å². The van der Waals surface area contributed by atoms with Crippen molar-refractivity contribution in [1.29, 1.82) is 0 Å². The molecule has 1 N–H and O–H groups in total. The van der Waals surface area contributed by atoms with Gasteiger partial charge < -0.3 is 5.32 Å². The highest BCUT2D eigenvalue weighted by molar-refractivity contribution is 5.54. The first-order valence-corrected chi connectivity index (χ1v) is 7.02. The van der Waals surface area contributed by atoms with Crippen molar-refractivity contribution in [2.24, 2.45) is 5.92 Å². The molecule has 0 spiro atoms. The predicted molar refractivity (Wildman–Crippen MR) is 82.0 cm³/mol. The second kappa shape index (κ2) is 6.98. The van der Waals surface area contributed by atoms with Crippen LogP contribution in [0.25, 0.3) is 6.08 Å². The van der Waals surface area contributed by atoms with E-state index in [4.69, 9.17) is 0 Å². The van der Waals surface area contributed by atoms with E-state index in [-0.39, 0.29) is 11.1 Å². The Bertz CT molecular complexity index is 439. The van der Waals surface area contributed by atoms with Gasteiger partial charge in [0.1, 0.15) is 0 Å². The van der Waals surface area contributed by atoms with Gasteiger partial charge in [0.25, 0.3) is 6.43 Å². The summed E-state index contributed by atoms with van der Waals surface area (Å²) < 4.78 is 25.0. The third-order valence-electron chi connectivity index (χ3n) is 3.10. The highest BCUT2D eigenvalue weighted by Crippen LogP contribution is 2.21. The number of benzene rings is 1. The summed E-state index contributed by atoms with van der Waals surface area (Å²) in [6.45, 7) is 11.5. The number of rotatable bonds is 5. The van der Waals surface area contributed by atoms with Crippen molar-refractivity contribution in [2.75, 3.05) is 6.54 Å². The van der Waals surface area contributed by atoms with Crippen LogP contribution in [0, 0.1) is 5.92 Å². The second-order valence-electron chi connectivity index (χ2n) is 6.44. The molecule has 112 valence electrons. The molecular weight excluding hydrogens is 256 g/mol. The quantitative estimate of drug-likeness (QED) is 0.796. The minimum absolute atomic E-state index is 0.0630. The molecule has 20 heavy (non-hydrogen) atoms. The van der Waals surface area contributed by atoms with Crippen molar-refractivity contribution in [2.45, 2.75) is 46.6 Å². The number of hydrogen-bond acceptors (Lipinski definition) is 1. The maximum Gasteiger partial charge on any atom is 0.263 e. The lowest BCUT2D eigenvalue weighted by molar-refractivity contribution is 0.151. The summed E-state index contributed by atoms with van der Waals surface area (Å²) in [4.78, 5) is 0. The number of alkyl halides is 2. The van der Waals surface area contributed by atoms with Crippen LogP contribution in [0.3, 0.4) is 0 Å². The number of hydrogen-bond donors (Lipinski definition) is 1. The molecule has 3 heteroatoms. The Morgan fingerprint density at radius 1 is 1.15 bits per heavy atom. The highest BCUT2D eigenvalue weighted by atomic mass is 19.3. The number of halogens is 2. The van der Waals surface area contributed by atoms with E-state index in [2.05, 4.69) is 46.0 Å². The van der Waals surface area contributed by atoms with E-state index in [9.17, 15) is 8.78 Å². The Morgan fingerprint density at radius 3 is 2.10 bits per heavy atom. The van der Waals surface area contributed by atoms with Crippen molar-refractivity contribution < 1.29 is 8.78 Å². The third-order valence-corrected chi connectivity index (χ3v) is 3.10. The van der Waals surface area contributed by atoms with Crippen LogP contribution in [0.1, 0.15) is 52.2 Å². The molecule has 0 unspecified atom stereocenters. The fraction of sp³-hybridized carbons (Fsp3) is 0.529. The summed E-state index contributed by atoms with van der Waals surface area (Å²) in [7, 11) is 0. The fourth-order valence-electron chi connectivity index (χ4n) is 1.74. The SMILES string of the molecule is CC(C)/C(=C/c1ccc(C(F)F)cc1)CNC(C)(C)C. The molecule has 0 radical (unpaired) electrons. The summed E-state index contributed by atoms with van der Waals surface area (Å²) in [6, 6.07) is 6.49. The third kappa shape index (κ3) is 5.83. The van der Waals surface area contributed by atoms with Crippen molar-refractivity contribution >= 4 is 6.08 Å². The molecule has 0 amide bonds. The molecule has 1 nitrogen and oxygen atoms in total. The topological polar surface area (TPSA) is 12.0 Å². The van der Waals surface area contributed by atoms with Crippen molar-refractivity contribution in [3.8, 4) is 0 Å². The molecule has 1 rings (SSSR count). The van der Waals surface area contributed by atoms with Gasteiger partial charge in [-0.05, 0) is 32.3 Å². The number of nitrogens with one attached hydrogen (secondary N) is 1. The molecule has 0 saturated carbocycles. The van der Waals surface area contributed by atoms with Gasteiger partial charge in [-0.15, -0.1) is 0 Å². The fourth-order valence-corrected chi connectivity index (χ4v) is 1.74. The summed E-state index contributed by atoms with van der Waals surface area (Å²) in [5, 5.41) is 3.46. The smallest absolute Gasteiger partial charge is 0.263 e. The van der Waals surface area contributed by atoms with Crippen molar-refractivity contribution in [3.63, 3.8) is 0 Å². The lowest BCUT2D eigenvalue weighted by atomic mass is 9.98. The maximum absolute atomic E-state index is 12.5. The first-order valence-electron chi connectivity index (χ1n) is 7.02. The van der Waals surface area contributed by atoms with Gasteiger partial charge in [-0.1, -0.05) is 49.8 Å². The lowest BCUT2D eigenvalue weighted by Gasteiger charge is -2.23. The molecule has 0 heterocycles. The van der Waals surface area contributed by atoms with E-state index in [0.717, 1.165) is 12.1 Å². The van der Waals surface area contributed by atoms with E-state index < -0.39 is 6.43 Å². The molecule has 0 saturated heterocycles. The van der Waals surface area contributed by atoms with Crippen LogP contribution in [0.15, 0.2) is 29.8 Å². The zero-order valence-corrected chi connectivity index (χ0v) is 13.0. The highest BCUT2D eigenvalue weighted by Gasteiger charge is 2.11. The van der Waals surface area contributed by atoms with Crippen LogP contribution in [0.4, 0.5) is 8.78 Å². The molecular formula is C17H25F2N. The van der Waals surface area contributed by atoms with E-state index in [1.807, 2.05) is 0 Å². The Balaban J connectivity index is 2.85. The lowest BCUT2D eigenvalue weighted by Crippen LogP contribution is -2.37. The molecule has 0 fully saturated rings. The largest absolute Gasteiger partial charge is 0.308 e. The van der Waals surface area contributed by atoms with Crippen LogP contribution >= 0.6 is 0 Å². The molecule has 0 atom stereocenters. The average molecular weight is 281 g/mol. The Kier molecular flexibility index (Phi) is 5.88. The normalized spacial score (nSPS) is 13.3. The average Bonchev–Trinajstić information content (AvgIpc) is 2.33. The minimum Gasteiger partial charge on any atom is -0.308 e. The van der Waals surface area contributed by atoms with E-state index in [0.29, 0.717) is 5.92 Å². The van der Waals surface area contributed by atoms with Gasteiger partial charge in [-0.25, -0.2) is 8.78 Å². The summed E-state index contributed by atoms with van der Waals surface area (Å²) in [5.41, 5.74) is 2.37. The molecule has 0 aliphatic heterocycles. The maximum atomic E-state index is 12.5. The second-order valence-corrected chi connectivity index (χ2v) is 6.44. The standard InChI is InChI=1S/C17H25F2N/c1-12(2)15(11-20-17(3,4)5)10-13-6-8-14(9-7-13)16(18)19/h6-10,12,16,20H,11H2,1-5H3/b15-10+. The summed E-state index contributed by atoms with van der Waals surface area (Å²) in [6.07, 6.45) is -0.321. The van der Waals surface area contributed by atoms with E-state index in [1.54, 1.807) is 12.1 Å². The molecule has 0 bridgehead atoms. The van der Waals surface area contributed by atoms with Gasteiger partial charge in [0.2, 0.25) is 0 Å². The van der Waals surface area contributed by atoms with Gasteiger partial charge in [0.15, 0.2) is 0 Å².